The van der Waals surface area contributed by atoms with Gasteiger partial charge in [0, 0.05) is 25.0 Å². The third-order valence-electron chi connectivity index (χ3n) is 5.75. The van der Waals surface area contributed by atoms with Gasteiger partial charge in [-0.05, 0) is 63.5 Å². The molecule has 1 spiro atoms. The molecule has 2 fully saturated rings. The number of ether oxygens (including phenoxy) is 1. The molecule has 1 aromatic heterocycles. The van der Waals surface area contributed by atoms with Crippen molar-refractivity contribution in [1.29, 1.82) is 0 Å². The van der Waals surface area contributed by atoms with E-state index in [-0.39, 0.29) is 23.7 Å². The summed E-state index contributed by atoms with van der Waals surface area (Å²) >= 11 is 0. The van der Waals surface area contributed by atoms with Crippen LogP contribution >= 0.6 is 0 Å². The average Bonchev–Trinajstić information content (AvgIpc) is 3.16. The van der Waals surface area contributed by atoms with E-state index in [1.807, 2.05) is 4.90 Å². The van der Waals surface area contributed by atoms with E-state index in [1.165, 1.54) is 37.7 Å². The van der Waals surface area contributed by atoms with Crippen LogP contribution in [0.25, 0.3) is 0 Å². The lowest BCUT2D eigenvalue weighted by molar-refractivity contribution is 0.0203. The summed E-state index contributed by atoms with van der Waals surface area (Å²) in [6.07, 6.45) is 5.97. The van der Waals surface area contributed by atoms with Crippen LogP contribution < -0.4 is 4.74 Å². The summed E-state index contributed by atoms with van der Waals surface area (Å²) in [4.78, 5) is 21.5. The summed E-state index contributed by atoms with van der Waals surface area (Å²) in [5, 5.41) is 0. The number of hydrogen-bond donors (Lipinski definition) is 0. The number of piperidine rings is 2. The van der Waals surface area contributed by atoms with Crippen molar-refractivity contribution in [2.24, 2.45) is 5.41 Å². The van der Waals surface area contributed by atoms with Gasteiger partial charge < -0.3 is 19.0 Å². The predicted octanol–water partition coefficient (Wildman–Crippen LogP) is 3.34. The molecule has 4 rings (SSSR count). The van der Waals surface area contributed by atoms with Crippen molar-refractivity contribution in [3.8, 4) is 5.75 Å². The number of carbonyl (C=O) groups is 1. The highest BCUT2D eigenvalue weighted by atomic mass is 19.1. The van der Waals surface area contributed by atoms with Crippen LogP contribution in [0.4, 0.5) is 4.39 Å². The molecule has 3 heterocycles. The molecule has 0 bridgehead atoms. The SMILES string of the molecule is CN1CCCC2(CCCN(C(=O)c3coc(COc4ccc(F)cc4)n3)C2)C1. The third-order valence-corrected chi connectivity index (χ3v) is 5.75. The molecular weight excluding hydrogens is 361 g/mol. The van der Waals surface area contributed by atoms with Crippen LogP contribution in [0.1, 0.15) is 42.1 Å². The van der Waals surface area contributed by atoms with Crippen molar-refractivity contribution in [2.45, 2.75) is 32.3 Å². The standard InChI is InChI=1S/C21H26FN3O3/c1-24-10-2-8-21(14-24)9-3-11-25(15-21)20(26)18-12-28-19(23-18)13-27-17-6-4-16(22)5-7-17/h4-7,12H,2-3,8-11,13-15H2,1H3. The number of amides is 1. The van der Waals surface area contributed by atoms with Gasteiger partial charge in [-0.25, -0.2) is 9.37 Å². The maximum absolute atomic E-state index is 12.9. The highest BCUT2D eigenvalue weighted by Crippen LogP contribution is 2.38. The van der Waals surface area contributed by atoms with Gasteiger partial charge >= 0.3 is 0 Å². The summed E-state index contributed by atoms with van der Waals surface area (Å²) in [5.74, 6) is 0.451. The topological polar surface area (TPSA) is 58.8 Å². The molecule has 2 aromatic rings. The molecule has 0 aliphatic carbocycles. The quantitative estimate of drug-likeness (QED) is 0.805. The molecule has 1 unspecified atom stereocenters. The number of likely N-dealkylation sites (tertiary alicyclic amines) is 2. The van der Waals surface area contributed by atoms with E-state index >= 15 is 0 Å². The Labute approximate surface area is 164 Å². The van der Waals surface area contributed by atoms with E-state index in [0.717, 1.165) is 32.6 Å². The minimum Gasteiger partial charge on any atom is -0.484 e. The Balaban J connectivity index is 1.37. The van der Waals surface area contributed by atoms with Gasteiger partial charge in [-0.3, -0.25) is 4.79 Å². The van der Waals surface area contributed by atoms with E-state index in [1.54, 1.807) is 12.1 Å². The summed E-state index contributed by atoms with van der Waals surface area (Å²) in [5.41, 5.74) is 0.526. The second-order valence-corrected chi connectivity index (χ2v) is 8.04. The van der Waals surface area contributed by atoms with Gasteiger partial charge in [0.15, 0.2) is 12.3 Å². The molecule has 0 saturated carbocycles. The smallest absolute Gasteiger partial charge is 0.275 e. The highest BCUT2D eigenvalue weighted by molar-refractivity contribution is 5.92. The van der Waals surface area contributed by atoms with Gasteiger partial charge in [0.2, 0.25) is 5.89 Å². The van der Waals surface area contributed by atoms with Crippen LogP contribution in [0.15, 0.2) is 34.9 Å². The monoisotopic (exact) mass is 387 g/mol. The first-order valence-electron chi connectivity index (χ1n) is 9.84. The third kappa shape index (κ3) is 4.19. The zero-order valence-electron chi connectivity index (χ0n) is 16.2. The molecule has 2 saturated heterocycles. The van der Waals surface area contributed by atoms with E-state index in [9.17, 15) is 9.18 Å². The Morgan fingerprint density at radius 1 is 1.21 bits per heavy atom. The number of nitrogens with zero attached hydrogens (tertiary/aromatic N) is 3. The average molecular weight is 387 g/mol. The van der Waals surface area contributed by atoms with Crippen molar-refractivity contribution in [1.82, 2.24) is 14.8 Å². The van der Waals surface area contributed by atoms with Crippen molar-refractivity contribution in [2.75, 3.05) is 33.2 Å². The van der Waals surface area contributed by atoms with Crippen molar-refractivity contribution < 1.29 is 18.3 Å². The minimum atomic E-state index is -0.320. The first-order chi connectivity index (χ1) is 13.5. The molecule has 6 nitrogen and oxygen atoms in total. The number of oxazole rings is 1. The zero-order valence-corrected chi connectivity index (χ0v) is 16.2. The maximum Gasteiger partial charge on any atom is 0.275 e. The maximum atomic E-state index is 12.9. The second kappa shape index (κ2) is 7.91. The lowest BCUT2D eigenvalue weighted by atomic mass is 9.74. The number of aromatic nitrogens is 1. The number of carbonyl (C=O) groups excluding carboxylic acids is 1. The van der Waals surface area contributed by atoms with Crippen LogP contribution in [0.3, 0.4) is 0 Å². The van der Waals surface area contributed by atoms with E-state index in [2.05, 4.69) is 16.9 Å². The Hall–Kier alpha value is -2.41. The zero-order chi connectivity index (χ0) is 19.6. The number of halogens is 1. The Kier molecular flexibility index (Phi) is 5.35. The Bertz CT molecular complexity index is 819. The molecule has 150 valence electrons. The molecular formula is C21H26FN3O3. The van der Waals surface area contributed by atoms with Crippen molar-refractivity contribution >= 4 is 5.91 Å². The van der Waals surface area contributed by atoms with Gasteiger partial charge in [-0.2, -0.15) is 0 Å². The van der Waals surface area contributed by atoms with E-state index in [0.29, 0.717) is 17.3 Å². The largest absolute Gasteiger partial charge is 0.484 e. The summed E-state index contributed by atoms with van der Waals surface area (Å²) < 4.78 is 23.9. The van der Waals surface area contributed by atoms with Gasteiger partial charge in [-0.1, -0.05) is 0 Å². The first-order valence-corrected chi connectivity index (χ1v) is 9.84. The summed E-state index contributed by atoms with van der Waals surface area (Å²) in [7, 11) is 2.16. The summed E-state index contributed by atoms with van der Waals surface area (Å²) in [6.45, 7) is 3.82. The van der Waals surface area contributed by atoms with Crippen molar-refractivity contribution in [3.63, 3.8) is 0 Å². The van der Waals surface area contributed by atoms with Gasteiger partial charge in [-0.15, -0.1) is 0 Å². The lowest BCUT2D eigenvalue weighted by Gasteiger charge is -2.47. The van der Waals surface area contributed by atoms with Gasteiger partial charge in [0.1, 0.15) is 17.8 Å². The van der Waals surface area contributed by atoms with Crippen LogP contribution in [0, 0.1) is 11.2 Å². The van der Waals surface area contributed by atoms with Crippen LogP contribution in [-0.2, 0) is 6.61 Å². The number of rotatable bonds is 4. The van der Waals surface area contributed by atoms with Gasteiger partial charge in [0.05, 0.1) is 0 Å². The van der Waals surface area contributed by atoms with Crippen molar-refractivity contribution in [3.05, 3.63) is 47.9 Å². The molecule has 7 heteroatoms. The number of hydrogen-bond acceptors (Lipinski definition) is 5. The highest BCUT2D eigenvalue weighted by Gasteiger charge is 2.40. The van der Waals surface area contributed by atoms with E-state index < -0.39 is 0 Å². The normalized spacial score (nSPS) is 23.1. The van der Waals surface area contributed by atoms with E-state index in [4.69, 9.17) is 9.15 Å². The molecule has 0 N–H and O–H groups in total. The van der Waals surface area contributed by atoms with Gasteiger partial charge in [0.25, 0.3) is 5.91 Å². The molecule has 28 heavy (non-hydrogen) atoms. The fourth-order valence-electron chi connectivity index (χ4n) is 4.48. The van der Waals surface area contributed by atoms with Crippen LogP contribution in [-0.4, -0.2) is 53.9 Å². The molecule has 1 aromatic carbocycles. The molecule has 2 aliphatic rings. The fourth-order valence-corrected chi connectivity index (χ4v) is 4.48. The predicted molar refractivity (Wildman–Crippen MR) is 102 cm³/mol. The summed E-state index contributed by atoms with van der Waals surface area (Å²) in [6, 6.07) is 5.74. The Morgan fingerprint density at radius 2 is 1.96 bits per heavy atom. The molecule has 1 amide bonds. The minimum absolute atomic E-state index is 0.0796. The molecule has 2 aliphatic heterocycles. The Morgan fingerprint density at radius 3 is 2.71 bits per heavy atom. The lowest BCUT2D eigenvalue weighted by Crippen LogP contribution is -2.52. The number of benzene rings is 1. The fraction of sp³-hybridized carbons (Fsp3) is 0.524. The van der Waals surface area contributed by atoms with Crippen LogP contribution in [0.5, 0.6) is 5.75 Å². The van der Waals surface area contributed by atoms with Crippen LogP contribution in [0.2, 0.25) is 0 Å². The molecule has 0 radical (unpaired) electrons. The second-order valence-electron chi connectivity index (χ2n) is 8.04. The molecule has 1 atom stereocenters. The first kappa shape index (κ1) is 18.9.